The van der Waals surface area contributed by atoms with Crippen LogP contribution in [0.1, 0.15) is 24.1 Å². The van der Waals surface area contributed by atoms with Gasteiger partial charge in [-0.05, 0) is 37.3 Å². The van der Waals surface area contributed by atoms with Crippen molar-refractivity contribution in [3.05, 3.63) is 35.0 Å². The summed E-state index contributed by atoms with van der Waals surface area (Å²) in [5, 5.41) is 2.13. The first-order valence-electron chi connectivity index (χ1n) is 7.38. The molecule has 0 N–H and O–H groups in total. The van der Waals surface area contributed by atoms with E-state index in [2.05, 4.69) is 29.0 Å². The summed E-state index contributed by atoms with van der Waals surface area (Å²) in [5.74, 6) is 0.355. The molecule has 1 unspecified atom stereocenters. The average Bonchev–Trinajstić information content (AvgIpc) is 3.04. The molecular formula is C16H22N2OS. The van der Waals surface area contributed by atoms with Gasteiger partial charge in [-0.3, -0.25) is 9.69 Å². The third-order valence-corrected chi connectivity index (χ3v) is 5.43. The normalized spacial score (nSPS) is 27.4. The number of hydrogen-bond acceptors (Lipinski definition) is 3. The number of thiophene rings is 1. The van der Waals surface area contributed by atoms with Crippen LogP contribution >= 0.6 is 11.3 Å². The topological polar surface area (TPSA) is 23.6 Å². The Morgan fingerprint density at radius 3 is 3.05 bits per heavy atom. The highest BCUT2D eigenvalue weighted by atomic mass is 32.1. The van der Waals surface area contributed by atoms with E-state index in [9.17, 15) is 4.79 Å². The highest BCUT2D eigenvalue weighted by Gasteiger charge is 2.48. The monoisotopic (exact) mass is 290 g/mol. The zero-order chi connectivity index (χ0) is 14.0. The van der Waals surface area contributed by atoms with Crippen molar-refractivity contribution < 1.29 is 4.79 Å². The van der Waals surface area contributed by atoms with E-state index in [1.165, 1.54) is 4.88 Å². The fraction of sp³-hybridized carbons (Fsp3) is 0.562. The molecule has 0 bridgehead atoms. The van der Waals surface area contributed by atoms with E-state index in [1.807, 2.05) is 11.0 Å². The van der Waals surface area contributed by atoms with Gasteiger partial charge in [-0.15, -0.1) is 17.9 Å². The SMILES string of the molecule is C=CCN1CCC2(CCCN(Cc3cccs3)C2)C1=O. The Hall–Kier alpha value is -1.13. The molecule has 1 amide bonds. The summed E-state index contributed by atoms with van der Waals surface area (Å²) in [6.07, 6.45) is 5.04. The average molecular weight is 290 g/mol. The summed E-state index contributed by atoms with van der Waals surface area (Å²) in [7, 11) is 0. The third kappa shape index (κ3) is 2.54. The molecule has 1 aromatic heterocycles. The van der Waals surface area contributed by atoms with E-state index in [-0.39, 0.29) is 5.41 Å². The van der Waals surface area contributed by atoms with Gasteiger partial charge >= 0.3 is 0 Å². The number of carbonyl (C=O) groups is 1. The fourth-order valence-corrected chi connectivity index (χ4v) is 4.33. The van der Waals surface area contributed by atoms with Crippen LogP contribution in [0.25, 0.3) is 0 Å². The number of hydrogen-bond donors (Lipinski definition) is 0. The van der Waals surface area contributed by atoms with Crippen molar-refractivity contribution in [2.75, 3.05) is 26.2 Å². The zero-order valence-corrected chi connectivity index (χ0v) is 12.7. The third-order valence-electron chi connectivity index (χ3n) is 4.57. The standard InChI is InChI=1S/C16H22N2OS/c1-2-8-18-10-7-16(15(18)19)6-4-9-17(13-16)12-14-5-3-11-20-14/h2-3,5,11H,1,4,6-10,12-13H2. The Bertz CT molecular complexity index is 485. The van der Waals surface area contributed by atoms with Crippen molar-refractivity contribution >= 4 is 17.2 Å². The first-order chi connectivity index (χ1) is 9.73. The van der Waals surface area contributed by atoms with Crippen LogP contribution in [0.4, 0.5) is 0 Å². The van der Waals surface area contributed by atoms with Crippen LogP contribution in [0.2, 0.25) is 0 Å². The molecule has 20 heavy (non-hydrogen) atoms. The Kier molecular flexibility index (Phi) is 3.94. The lowest BCUT2D eigenvalue weighted by atomic mass is 9.78. The molecular weight excluding hydrogens is 268 g/mol. The largest absolute Gasteiger partial charge is 0.338 e. The Balaban J connectivity index is 1.68. The van der Waals surface area contributed by atoms with Crippen LogP contribution in [-0.4, -0.2) is 41.9 Å². The van der Waals surface area contributed by atoms with Gasteiger partial charge in [0, 0.05) is 31.1 Å². The molecule has 2 aliphatic heterocycles. The van der Waals surface area contributed by atoms with Gasteiger partial charge in [0.2, 0.25) is 5.91 Å². The minimum atomic E-state index is -0.113. The van der Waals surface area contributed by atoms with Crippen LogP contribution < -0.4 is 0 Å². The lowest BCUT2D eigenvalue weighted by Gasteiger charge is -2.38. The molecule has 0 aliphatic carbocycles. The van der Waals surface area contributed by atoms with Crippen LogP contribution in [-0.2, 0) is 11.3 Å². The predicted octanol–water partition coefficient (Wildman–Crippen LogP) is 2.75. The van der Waals surface area contributed by atoms with Crippen molar-refractivity contribution in [1.29, 1.82) is 0 Å². The molecule has 1 atom stereocenters. The summed E-state index contributed by atoms with van der Waals surface area (Å²) in [5.41, 5.74) is -0.113. The van der Waals surface area contributed by atoms with E-state index >= 15 is 0 Å². The summed E-state index contributed by atoms with van der Waals surface area (Å²) < 4.78 is 0. The number of nitrogens with zero attached hydrogens (tertiary/aromatic N) is 2. The maximum atomic E-state index is 12.7. The number of amides is 1. The van der Waals surface area contributed by atoms with Crippen LogP contribution in [0.5, 0.6) is 0 Å². The van der Waals surface area contributed by atoms with E-state index < -0.39 is 0 Å². The summed E-state index contributed by atoms with van der Waals surface area (Å²) in [6, 6.07) is 4.29. The van der Waals surface area contributed by atoms with E-state index in [1.54, 1.807) is 11.3 Å². The van der Waals surface area contributed by atoms with Crippen molar-refractivity contribution in [1.82, 2.24) is 9.80 Å². The quantitative estimate of drug-likeness (QED) is 0.796. The number of carbonyl (C=O) groups excluding carboxylic acids is 1. The molecule has 2 saturated heterocycles. The summed E-state index contributed by atoms with van der Waals surface area (Å²) >= 11 is 1.81. The smallest absolute Gasteiger partial charge is 0.230 e. The van der Waals surface area contributed by atoms with Crippen molar-refractivity contribution in [3.63, 3.8) is 0 Å². The number of piperidine rings is 1. The number of rotatable bonds is 4. The molecule has 2 fully saturated rings. The first kappa shape index (κ1) is 13.8. The second-order valence-corrected chi connectivity index (χ2v) is 7.00. The molecule has 1 spiro atoms. The van der Waals surface area contributed by atoms with Gasteiger partial charge in [-0.25, -0.2) is 0 Å². The summed E-state index contributed by atoms with van der Waals surface area (Å²) in [6.45, 7) is 8.40. The number of likely N-dealkylation sites (tertiary alicyclic amines) is 2. The van der Waals surface area contributed by atoms with E-state index in [4.69, 9.17) is 0 Å². The molecule has 0 radical (unpaired) electrons. The maximum Gasteiger partial charge on any atom is 0.230 e. The van der Waals surface area contributed by atoms with Gasteiger partial charge in [0.05, 0.1) is 5.41 Å². The summed E-state index contributed by atoms with van der Waals surface area (Å²) in [4.78, 5) is 18.5. The van der Waals surface area contributed by atoms with Crippen molar-refractivity contribution in [2.24, 2.45) is 5.41 Å². The Morgan fingerprint density at radius 1 is 1.40 bits per heavy atom. The molecule has 3 nitrogen and oxygen atoms in total. The molecule has 4 heteroatoms. The van der Waals surface area contributed by atoms with Crippen LogP contribution in [0.15, 0.2) is 30.2 Å². The highest BCUT2D eigenvalue weighted by molar-refractivity contribution is 7.09. The second kappa shape index (κ2) is 5.70. The lowest BCUT2D eigenvalue weighted by molar-refractivity contribution is -0.138. The Morgan fingerprint density at radius 2 is 2.30 bits per heavy atom. The molecule has 3 heterocycles. The molecule has 3 rings (SSSR count). The van der Waals surface area contributed by atoms with Crippen LogP contribution in [0, 0.1) is 5.41 Å². The van der Waals surface area contributed by atoms with Crippen molar-refractivity contribution in [2.45, 2.75) is 25.8 Å². The molecule has 1 aromatic rings. The molecule has 0 aromatic carbocycles. The second-order valence-electron chi connectivity index (χ2n) is 5.96. The van der Waals surface area contributed by atoms with Gasteiger partial charge in [0.15, 0.2) is 0 Å². The van der Waals surface area contributed by atoms with Crippen molar-refractivity contribution in [3.8, 4) is 0 Å². The fourth-order valence-electron chi connectivity index (χ4n) is 3.59. The lowest BCUT2D eigenvalue weighted by Crippen LogP contribution is -2.47. The first-order valence-corrected chi connectivity index (χ1v) is 8.26. The van der Waals surface area contributed by atoms with Gasteiger partial charge < -0.3 is 4.90 Å². The molecule has 0 saturated carbocycles. The van der Waals surface area contributed by atoms with E-state index in [0.717, 1.165) is 45.4 Å². The molecule has 108 valence electrons. The van der Waals surface area contributed by atoms with Gasteiger partial charge in [0.25, 0.3) is 0 Å². The highest BCUT2D eigenvalue weighted by Crippen LogP contribution is 2.40. The minimum Gasteiger partial charge on any atom is -0.338 e. The molecule has 2 aliphatic rings. The van der Waals surface area contributed by atoms with Gasteiger partial charge in [-0.1, -0.05) is 12.1 Å². The maximum absolute atomic E-state index is 12.7. The van der Waals surface area contributed by atoms with Gasteiger partial charge in [0.1, 0.15) is 0 Å². The van der Waals surface area contributed by atoms with Gasteiger partial charge in [-0.2, -0.15) is 0 Å². The minimum absolute atomic E-state index is 0.113. The Labute approximate surface area is 124 Å². The van der Waals surface area contributed by atoms with Crippen LogP contribution in [0.3, 0.4) is 0 Å². The van der Waals surface area contributed by atoms with E-state index in [0.29, 0.717) is 12.5 Å². The zero-order valence-electron chi connectivity index (χ0n) is 11.9. The predicted molar refractivity (Wildman–Crippen MR) is 82.7 cm³/mol.